The minimum Gasteiger partial charge on any atom is -0.208 e. The summed E-state index contributed by atoms with van der Waals surface area (Å²) in [7, 11) is 0. The lowest BCUT2D eigenvalue weighted by Gasteiger charge is -2.57. The molecule has 55 heavy (non-hydrogen) atoms. The summed E-state index contributed by atoms with van der Waals surface area (Å²) in [6.07, 6.45) is 8.41. The van der Waals surface area contributed by atoms with Crippen LogP contribution in [0.1, 0.15) is 49.7 Å². The van der Waals surface area contributed by atoms with Gasteiger partial charge in [-0.05, 0) is 114 Å². The van der Waals surface area contributed by atoms with Gasteiger partial charge in [0.1, 0.15) is 0 Å². The highest BCUT2D eigenvalue weighted by Gasteiger charge is 2.51. The van der Waals surface area contributed by atoms with Crippen LogP contribution in [0.5, 0.6) is 0 Å². The molecule has 0 atom stereocenters. The summed E-state index contributed by atoms with van der Waals surface area (Å²) in [6.45, 7) is 0. The van der Waals surface area contributed by atoms with Gasteiger partial charge in [0.2, 0.25) is 0 Å². The van der Waals surface area contributed by atoms with E-state index in [1.807, 2.05) is 18.2 Å². The molecule has 12 rings (SSSR count). The predicted octanol–water partition coefficient (Wildman–Crippen LogP) is 12.9. The first-order chi connectivity index (χ1) is 27.1. The molecule has 264 valence electrons. The number of nitriles is 1. The van der Waals surface area contributed by atoms with Crippen molar-refractivity contribution in [1.29, 1.82) is 5.26 Å². The lowest BCUT2D eigenvalue weighted by Crippen LogP contribution is -2.48. The number of thiophene rings is 1. The van der Waals surface area contributed by atoms with Crippen molar-refractivity contribution in [1.82, 2.24) is 15.0 Å². The number of rotatable bonds is 6. The van der Waals surface area contributed by atoms with Gasteiger partial charge in [-0.3, -0.25) is 0 Å². The number of hydrogen-bond acceptors (Lipinski definition) is 5. The third kappa shape index (κ3) is 5.67. The molecule has 0 unspecified atom stereocenters. The van der Waals surface area contributed by atoms with Crippen LogP contribution < -0.4 is 0 Å². The minimum absolute atomic E-state index is 0.349. The second kappa shape index (κ2) is 12.8. The van der Waals surface area contributed by atoms with Crippen molar-refractivity contribution in [3.05, 3.63) is 151 Å². The zero-order valence-electron chi connectivity index (χ0n) is 30.5. The van der Waals surface area contributed by atoms with Crippen LogP contribution in [0.2, 0.25) is 0 Å². The molecule has 4 fully saturated rings. The van der Waals surface area contributed by atoms with Gasteiger partial charge in [-0.1, -0.05) is 115 Å². The fourth-order valence-corrected chi connectivity index (χ4v) is 11.8. The van der Waals surface area contributed by atoms with Crippen LogP contribution in [0.15, 0.2) is 140 Å². The number of hydrogen-bond donors (Lipinski definition) is 0. The summed E-state index contributed by atoms with van der Waals surface area (Å²) >= 11 is 1.78. The predicted molar refractivity (Wildman–Crippen MR) is 224 cm³/mol. The van der Waals surface area contributed by atoms with E-state index in [0.29, 0.717) is 28.5 Å². The quantitative estimate of drug-likeness (QED) is 0.171. The van der Waals surface area contributed by atoms with Crippen molar-refractivity contribution in [2.24, 2.45) is 17.8 Å². The third-order valence-corrected chi connectivity index (χ3v) is 14.0. The smallest absolute Gasteiger partial charge is 0.164 e. The Morgan fingerprint density at radius 2 is 1.09 bits per heavy atom. The lowest BCUT2D eigenvalue weighted by atomic mass is 9.48. The highest BCUT2D eigenvalue weighted by molar-refractivity contribution is 7.26. The largest absolute Gasteiger partial charge is 0.208 e. The van der Waals surface area contributed by atoms with E-state index < -0.39 is 0 Å². The Bertz CT molecular complexity index is 2760. The van der Waals surface area contributed by atoms with E-state index in [2.05, 4.69) is 127 Å². The number of benzene rings is 6. The van der Waals surface area contributed by atoms with Gasteiger partial charge >= 0.3 is 0 Å². The van der Waals surface area contributed by atoms with Gasteiger partial charge in [-0.2, -0.15) is 5.26 Å². The van der Waals surface area contributed by atoms with Gasteiger partial charge in [0, 0.05) is 36.9 Å². The first-order valence-electron chi connectivity index (χ1n) is 19.6. The highest BCUT2D eigenvalue weighted by atomic mass is 32.1. The molecule has 2 heterocycles. The molecule has 0 N–H and O–H groups in total. The van der Waals surface area contributed by atoms with Crippen LogP contribution in [0.4, 0.5) is 0 Å². The lowest BCUT2D eigenvalue weighted by molar-refractivity contribution is -0.00518. The summed E-state index contributed by atoms with van der Waals surface area (Å²) in [6, 6.07) is 51.6. The van der Waals surface area contributed by atoms with E-state index in [1.54, 1.807) is 11.3 Å². The van der Waals surface area contributed by atoms with Crippen LogP contribution in [-0.4, -0.2) is 15.0 Å². The molecule has 0 saturated heterocycles. The van der Waals surface area contributed by atoms with Crippen molar-refractivity contribution in [3.8, 4) is 62.5 Å². The number of nitrogens with zero attached hydrogens (tertiary/aromatic N) is 4. The molecule has 8 aromatic rings. The van der Waals surface area contributed by atoms with Gasteiger partial charge in [-0.25, -0.2) is 15.0 Å². The van der Waals surface area contributed by atoms with E-state index in [9.17, 15) is 5.26 Å². The van der Waals surface area contributed by atoms with E-state index in [1.165, 1.54) is 64.4 Å². The first kappa shape index (κ1) is 32.5. The molecule has 5 heteroatoms. The van der Waals surface area contributed by atoms with Crippen molar-refractivity contribution >= 4 is 31.5 Å². The van der Waals surface area contributed by atoms with E-state index in [0.717, 1.165) is 56.5 Å². The SMILES string of the molecule is N#Cc1ccc2sc3c(-c4ccc(-c5nc(-c6ccc(C78C[C@H]9C[C@H](C7)C[C@@H](C8)C9)cc6)nc(-c6cccc(-c7ccccc7)c6)n5)cc4)cccc3c2c1. The number of fused-ring (bicyclic) bond motifs is 3. The maximum atomic E-state index is 9.52. The van der Waals surface area contributed by atoms with Crippen molar-refractivity contribution in [2.75, 3.05) is 0 Å². The topological polar surface area (TPSA) is 62.5 Å². The van der Waals surface area contributed by atoms with Crippen molar-refractivity contribution < 1.29 is 0 Å². The molecular weight excluding hydrogens is 689 g/mol. The van der Waals surface area contributed by atoms with Crippen LogP contribution in [0.25, 0.3) is 76.6 Å². The zero-order chi connectivity index (χ0) is 36.5. The Hall–Kier alpha value is -5.96. The molecule has 0 radical (unpaired) electrons. The summed E-state index contributed by atoms with van der Waals surface area (Å²) < 4.78 is 2.41. The van der Waals surface area contributed by atoms with Gasteiger partial charge in [0.05, 0.1) is 11.6 Å². The van der Waals surface area contributed by atoms with Crippen LogP contribution in [-0.2, 0) is 5.41 Å². The van der Waals surface area contributed by atoms with Gasteiger partial charge in [0.15, 0.2) is 17.5 Å². The molecule has 0 aliphatic heterocycles. The second-order valence-corrected chi connectivity index (χ2v) is 17.3. The third-order valence-electron chi connectivity index (χ3n) is 12.7. The molecule has 4 saturated carbocycles. The molecule has 4 aliphatic rings. The molecule has 4 nitrogen and oxygen atoms in total. The maximum Gasteiger partial charge on any atom is 0.164 e. The van der Waals surface area contributed by atoms with Crippen LogP contribution >= 0.6 is 11.3 Å². The Labute approximate surface area is 325 Å². The standard InChI is InChI=1S/C50H38N4S/c51-30-31-12-21-45-44(25-31)43-11-5-10-42(46(43)55-45)36-13-15-37(16-14-36)47-52-48(54-49(53-47)40-9-4-8-39(26-40)35-6-2-1-3-7-35)38-17-19-41(20-18-38)50-27-32-22-33(28-50)24-34(23-32)29-50/h1-21,25-26,32-34H,22-24,27-29H2/t32-,33-,34-,50?. The van der Waals surface area contributed by atoms with E-state index in [-0.39, 0.29) is 0 Å². The molecule has 0 amide bonds. The summed E-state index contributed by atoms with van der Waals surface area (Å²) in [4.78, 5) is 15.4. The molecule has 4 bridgehead atoms. The molecule has 6 aromatic carbocycles. The normalized spacial score (nSPS) is 21.3. The first-order valence-corrected chi connectivity index (χ1v) is 20.4. The highest BCUT2D eigenvalue weighted by Crippen LogP contribution is 2.60. The molecule has 4 aliphatic carbocycles. The summed E-state index contributed by atoms with van der Waals surface area (Å²) in [5.74, 6) is 4.75. The fourth-order valence-electron chi connectivity index (χ4n) is 10.6. The van der Waals surface area contributed by atoms with Crippen LogP contribution in [0.3, 0.4) is 0 Å². The molecular formula is C50H38N4S. The maximum absolute atomic E-state index is 9.52. The summed E-state index contributed by atoms with van der Waals surface area (Å²) in [5.41, 5.74) is 10.1. The van der Waals surface area contributed by atoms with E-state index in [4.69, 9.17) is 15.0 Å². The fraction of sp³-hybridized carbons (Fsp3) is 0.200. The monoisotopic (exact) mass is 726 g/mol. The van der Waals surface area contributed by atoms with Crippen molar-refractivity contribution in [2.45, 2.75) is 43.9 Å². The average molecular weight is 727 g/mol. The minimum atomic E-state index is 0.349. The van der Waals surface area contributed by atoms with Crippen LogP contribution in [0, 0.1) is 29.1 Å². The van der Waals surface area contributed by atoms with Gasteiger partial charge in [-0.15, -0.1) is 11.3 Å². The average Bonchev–Trinajstić information content (AvgIpc) is 3.62. The Balaban J connectivity index is 0.986. The Morgan fingerprint density at radius 3 is 1.76 bits per heavy atom. The Morgan fingerprint density at radius 1 is 0.509 bits per heavy atom. The molecule has 2 aromatic heterocycles. The molecule has 0 spiro atoms. The second-order valence-electron chi connectivity index (χ2n) is 16.2. The summed E-state index contributed by atoms with van der Waals surface area (Å²) in [5, 5.41) is 11.8. The van der Waals surface area contributed by atoms with E-state index >= 15 is 0 Å². The number of aromatic nitrogens is 3. The van der Waals surface area contributed by atoms with Gasteiger partial charge < -0.3 is 0 Å². The Kier molecular flexibility index (Phi) is 7.57. The zero-order valence-corrected chi connectivity index (χ0v) is 31.3. The van der Waals surface area contributed by atoms with Gasteiger partial charge in [0.25, 0.3) is 0 Å². The van der Waals surface area contributed by atoms with Crippen molar-refractivity contribution in [3.63, 3.8) is 0 Å².